The Morgan fingerprint density at radius 1 is 0.975 bits per heavy atom. The lowest BCUT2D eigenvalue weighted by molar-refractivity contribution is -0.256. The fraction of sp³-hybridized carbons (Fsp3) is 0.567. The minimum atomic E-state index is -4.17. The molecule has 3 fully saturated rings. The molecule has 0 bridgehead atoms. The molecule has 5 rings (SSSR count). The van der Waals surface area contributed by atoms with Gasteiger partial charge in [0.05, 0.1) is 18.1 Å². The van der Waals surface area contributed by atoms with Crippen LogP contribution >= 0.6 is 0 Å². The van der Waals surface area contributed by atoms with Crippen LogP contribution in [0.2, 0.25) is 0 Å². The molecule has 2 saturated heterocycles. The van der Waals surface area contributed by atoms with Crippen molar-refractivity contribution in [3.63, 3.8) is 0 Å². The highest BCUT2D eigenvalue weighted by Gasteiger charge is 2.58. The van der Waals surface area contributed by atoms with Gasteiger partial charge in [-0.2, -0.15) is 13.2 Å². The van der Waals surface area contributed by atoms with Crippen LogP contribution in [0, 0.1) is 23.0 Å². The zero-order valence-corrected chi connectivity index (χ0v) is 22.4. The predicted molar refractivity (Wildman–Crippen MR) is 140 cm³/mol. The first-order chi connectivity index (χ1) is 19.0. The number of halogens is 5. The number of nitrogens with zero attached hydrogens (tertiary/aromatic N) is 2. The Kier molecular flexibility index (Phi) is 8.38. The quantitative estimate of drug-likeness (QED) is 0.415. The van der Waals surface area contributed by atoms with Crippen molar-refractivity contribution in [1.82, 2.24) is 9.80 Å². The summed E-state index contributed by atoms with van der Waals surface area (Å²) in [5.74, 6) is -1.51. The second kappa shape index (κ2) is 11.6. The van der Waals surface area contributed by atoms with Gasteiger partial charge in [-0.05, 0) is 87.4 Å². The van der Waals surface area contributed by atoms with Crippen LogP contribution in [0.25, 0.3) is 11.1 Å². The number of hydrogen-bond donors (Lipinski definition) is 1. The van der Waals surface area contributed by atoms with E-state index in [0.29, 0.717) is 57.3 Å². The van der Waals surface area contributed by atoms with Gasteiger partial charge < -0.3 is 19.6 Å². The molecule has 40 heavy (non-hydrogen) atoms. The first-order valence-electron chi connectivity index (χ1n) is 14.0. The Labute approximate surface area is 230 Å². The molecule has 2 heterocycles. The van der Waals surface area contributed by atoms with E-state index in [2.05, 4.69) is 0 Å². The van der Waals surface area contributed by atoms with Crippen molar-refractivity contribution in [3.8, 4) is 16.9 Å². The van der Waals surface area contributed by atoms with Crippen molar-refractivity contribution in [2.45, 2.75) is 57.2 Å². The Balaban J connectivity index is 1.14. The third-order valence-corrected chi connectivity index (χ3v) is 8.76. The first kappa shape index (κ1) is 28.8. The Bertz CT molecular complexity index is 1210. The van der Waals surface area contributed by atoms with Crippen LogP contribution in [0.3, 0.4) is 0 Å². The summed E-state index contributed by atoms with van der Waals surface area (Å²) in [5, 5.41) is 9.82. The maximum Gasteiger partial charge on any atom is 0.395 e. The molecular formula is C30H35F5N2O3. The van der Waals surface area contributed by atoms with E-state index in [1.54, 1.807) is 6.07 Å². The van der Waals surface area contributed by atoms with Gasteiger partial charge >= 0.3 is 6.18 Å². The molecule has 1 saturated carbocycles. The van der Waals surface area contributed by atoms with Crippen molar-refractivity contribution in [3.05, 3.63) is 53.6 Å². The van der Waals surface area contributed by atoms with E-state index >= 15 is 0 Å². The van der Waals surface area contributed by atoms with Crippen molar-refractivity contribution in [2.24, 2.45) is 11.3 Å². The minimum Gasteiger partial charge on any atom is -0.490 e. The van der Waals surface area contributed by atoms with Crippen molar-refractivity contribution >= 4 is 5.91 Å². The number of carbonyl (C=O) groups is 1. The smallest absolute Gasteiger partial charge is 0.395 e. The van der Waals surface area contributed by atoms with E-state index in [4.69, 9.17) is 4.74 Å². The van der Waals surface area contributed by atoms with Gasteiger partial charge in [-0.3, -0.25) is 4.79 Å². The Hall–Kier alpha value is -2.72. The lowest BCUT2D eigenvalue weighted by Crippen LogP contribution is -2.53. The summed E-state index contributed by atoms with van der Waals surface area (Å²) in [6.45, 7) is 2.14. The summed E-state index contributed by atoms with van der Waals surface area (Å²) < 4.78 is 76.0. The van der Waals surface area contributed by atoms with E-state index in [0.717, 1.165) is 6.07 Å². The SMILES string of the molecule is O=C(c1ccc(-c2ccc(OCC3CCN(CC4(C(F)(F)F)CCC4)CC3)c(F)c2)c(F)c1)N1CCC[C@H](O)C1. The fourth-order valence-corrected chi connectivity index (χ4v) is 6.07. The summed E-state index contributed by atoms with van der Waals surface area (Å²) in [4.78, 5) is 16.1. The van der Waals surface area contributed by atoms with Crippen LogP contribution in [-0.4, -0.2) is 72.4 Å². The summed E-state index contributed by atoms with van der Waals surface area (Å²) in [6, 6.07) is 8.26. The van der Waals surface area contributed by atoms with Crippen molar-refractivity contribution in [2.75, 3.05) is 39.3 Å². The van der Waals surface area contributed by atoms with Crippen LogP contribution in [0.1, 0.15) is 55.3 Å². The molecule has 1 N–H and O–H groups in total. The highest BCUT2D eigenvalue weighted by Crippen LogP contribution is 2.53. The molecule has 0 radical (unpaired) electrons. The summed E-state index contributed by atoms with van der Waals surface area (Å²) >= 11 is 0. The molecule has 218 valence electrons. The van der Waals surface area contributed by atoms with Crippen molar-refractivity contribution < 1.29 is 36.6 Å². The van der Waals surface area contributed by atoms with Gasteiger partial charge in [0.15, 0.2) is 11.6 Å². The lowest BCUT2D eigenvalue weighted by Gasteiger charge is -2.47. The number of aliphatic hydroxyl groups is 1. The van der Waals surface area contributed by atoms with Crippen LogP contribution in [0.15, 0.2) is 36.4 Å². The third-order valence-electron chi connectivity index (χ3n) is 8.76. The van der Waals surface area contributed by atoms with Gasteiger partial charge in [-0.25, -0.2) is 8.78 Å². The number of benzene rings is 2. The third kappa shape index (κ3) is 6.12. The van der Waals surface area contributed by atoms with E-state index < -0.39 is 29.3 Å². The molecule has 1 atom stereocenters. The van der Waals surface area contributed by atoms with Crippen molar-refractivity contribution in [1.29, 1.82) is 0 Å². The number of alkyl halides is 3. The number of ether oxygens (including phenoxy) is 1. The predicted octanol–water partition coefficient (Wildman–Crippen LogP) is 6.05. The molecule has 3 aliphatic rings. The Morgan fingerprint density at radius 2 is 1.73 bits per heavy atom. The number of carbonyl (C=O) groups excluding carboxylic acids is 1. The molecule has 2 aliphatic heterocycles. The standard InChI is InChI=1S/C30H35F5N2O3/c31-25-16-22(28(39)37-12-1-3-23(38)17-37)4-6-24(25)21-5-7-27(26(32)15-21)40-18-20-8-13-36(14-9-20)19-29(10-2-11-29)30(33,34)35/h4-7,15-16,20,23,38H,1-3,8-14,17-19H2/t23-/m0/s1. The number of rotatable bonds is 7. The second-order valence-corrected chi connectivity index (χ2v) is 11.5. The zero-order chi connectivity index (χ0) is 28.5. The van der Waals surface area contributed by atoms with Gasteiger partial charge in [0.1, 0.15) is 5.82 Å². The zero-order valence-electron chi connectivity index (χ0n) is 22.4. The van der Waals surface area contributed by atoms with E-state index in [-0.39, 0.29) is 61.2 Å². The normalized spacial score (nSPS) is 22.1. The maximum atomic E-state index is 14.9. The van der Waals surface area contributed by atoms with Crippen LogP contribution in [0.5, 0.6) is 5.75 Å². The highest BCUT2D eigenvalue weighted by molar-refractivity contribution is 5.95. The van der Waals surface area contributed by atoms with Gasteiger partial charge in [-0.1, -0.05) is 18.6 Å². The van der Waals surface area contributed by atoms with Gasteiger partial charge in [0.25, 0.3) is 5.91 Å². The summed E-state index contributed by atoms with van der Waals surface area (Å²) in [5.41, 5.74) is -0.940. The molecule has 10 heteroatoms. The highest BCUT2D eigenvalue weighted by atomic mass is 19.4. The van der Waals surface area contributed by atoms with E-state index in [9.17, 15) is 31.9 Å². The number of likely N-dealkylation sites (tertiary alicyclic amines) is 2. The number of hydrogen-bond acceptors (Lipinski definition) is 4. The number of β-amino-alcohol motifs (C(OH)–C–C–N with tert-alkyl or cyclic N) is 1. The number of aliphatic hydroxyl groups excluding tert-OH is 1. The summed E-state index contributed by atoms with van der Waals surface area (Å²) in [7, 11) is 0. The van der Waals surface area contributed by atoms with Gasteiger partial charge in [0.2, 0.25) is 0 Å². The average Bonchev–Trinajstić information content (AvgIpc) is 2.89. The molecule has 0 aromatic heterocycles. The molecule has 2 aromatic rings. The molecule has 1 amide bonds. The largest absolute Gasteiger partial charge is 0.490 e. The lowest BCUT2D eigenvalue weighted by atomic mass is 9.67. The van der Waals surface area contributed by atoms with Crippen LogP contribution in [0.4, 0.5) is 22.0 Å². The molecule has 0 spiro atoms. The molecular weight excluding hydrogens is 531 g/mol. The van der Waals surface area contributed by atoms with Gasteiger partial charge in [0, 0.05) is 30.8 Å². The first-order valence-corrected chi connectivity index (χ1v) is 14.0. The molecule has 2 aromatic carbocycles. The molecule has 5 nitrogen and oxygen atoms in total. The van der Waals surface area contributed by atoms with E-state index in [1.807, 2.05) is 4.90 Å². The average molecular weight is 567 g/mol. The topological polar surface area (TPSA) is 53.0 Å². The van der Waals surface area contributed by atoms with Crippen LogP contribution in [-0.2, 0) is 0 Å². The number of piperidine rings is 2. The second-order valence-electron chi connectivity index (χ2n) is 11.5. The molecule has 1 aliphatic carbocycles. The van der Waals surface area contributed by atoms with Gasteiger partial charge in [-0.15, -0.1) is 0 Å². The molecule has 0 unspecified atom stereocenters. The van der Waals surface area contributed by atoms with E-state index in [1.165, 1.54) is 29.2 Å². The summed E-state index contributed by atoms with van der Waals surface area (Å²) in [6.07, 6.45) is -1.06. The fourth-order valence-electron chi connectivity index (χ4n) is 6.07. The maximum absolute atomic E-state index is 14.9. The minimum absolute atomic E-state index is 0.0348. The monoisotopic (exact) mass is 566 g/mol. The van der Waals surface area contributed by atoms with Crippen LogP contribution < -0.4 is 4.74 Å². The Morgan fingerprint density at radius 3 is 2.33 bits per heavy atom. The number of amides is 1.